The Kier molecular flexibility index (Phi) is 13.3. The number of carbonyl (C=O) groups excluding carboxylic acids is 7. The van der Waals surface area contributed by atoms with E-state index in [1.165, 1.54) is 21.6 Å². The van der Waals surface area contributed by atoms with E-state index >= 15 is 0 Å². The van der Waals surface area contributed by atoms with Gasteiger partial charge in [0.15, 0.2) is 0 Å². The monoisotopic (exact) mass is 784 g/mol. The minimum absolute atomic E-state index is 0.0823. The first-order chi connectivity index (χ1) is 26.8. The summed E-state index contributed by atoms with van der Waals surface area (Å²) in [6.45, 7) is 3.42. The molecule has 4 saturated heterocycles. The second-order valence-corrected chi connectivity index (χ2v) is 16.3. The SMILES string of the molecule is C[C@@H]1C[C@H]2C(=O)OC[C@H](NC(=O)[C@H](Cc3cc(F)cc(F)c3)NC(=O)CCC3CCCC3)C(=O)N3CCC[C@H]3C(=O)N3CCCC[C@H]3C(=O)N[C@@H](C)C(=O)N2C1. The summed E-state index contributed by atoms with van der Waals surface area (Å²) in [6.07, 6.45) is 7.38. The highest BCUT2D eigenvalue weighted by Crippen LogP contribution is 2.30. The summed E-state index contributed by atoms with van der Waals surface area (Å²) in [7, 11) is 0. The number of rotatable bonds is 8. The maximum Gasteiger partial charge on any atom is 0.328 e. The van der Waals surface area contributed by atoms with Gasteiger partial charge in [0.25, 0.3) is 0 Å². The number of hydrogen-bond acceptors (Lipinski definition) is 8. The highest BCUT2D eigenvalue weighted by Gasteiger charge is 2.46. The molecule has 5 fully saturated rings. The first-order valence-corrected chi connectivity index (χ1v) is 20.2. The van der Waals surface area contributed by atoms with Gasteiger partial charge in [-0.15, -0.1) is 0 Å². The number of hydrogen-bond donors (Lipinski definition) is 3. The van der Waals surface area contributed by atoms with Gasteiger partial charge in [0.05, 0.1) is 0 Å². The third kappa shape index (κ3) is 9.66. The average molecular weight is 785 g/mol. The predicted molar refractivity (Wildman–Crippen MR) is 197 cm³/mol. The van der Waals surface area contributed by atoms with Crippen LogP contribution in [0.15, 0.2) is 18.2 Å². The quantitative estimate of drug-likeness (QED) is 0.337. The van der Waals surface area contributed by atoms with Gasteiger partial charge in [-0.3, -0.25) is 28.8 Å². The van der Waals surface area contributed by atoms with E-state index < -0.39 is 95.9 Å². The van der Waals surface area contributed by atoms with Crippen LogP contribution in [0.4, 0.5) is 8.78 Å². The summed E-state index contributed by atoms with van der Waals surface area (Å²) in [5.74, 6) is -5.66. The van der Waals surface area contributed by atoms with E-state index in [-0.39, 0.29) is 50.4 Å². The van der Waals surface area contributed by atoms with Crippen molar-refractivity contribution >= 4 is 41.4 Å². The van der Waals surface area contributed by atoms with Gasteiger partial charge in [0.1, 0.15) is 54.5 Å². The first-order valence-electron chi connectivity index (χ1n) is 20.2. The van der Waals surface area contributed by atoms with Crippen molar-refractivity contribution in [1.29, 1.82) is 0 Å². The molecule has 306 valence electrons. The van der Waals surface area contributed by atoms with Crippen LogP contribution in [0.5, 0.6) is 0 Å². The molecule has 1 aliphatic carbocycles. The van der Waals surface area contributed by atoms with Crippen LogP contribution in [-0.2, 0) is 44.7 Å². The molecule has 3 N–H and O–H groups in total. The van der Waals surface area contributed by atoms with E-state index in [4.69, 9.17) is 4.74 Å². The van der Waals surface area contributed by atoms with Crippen molar-refractivity contribution in [3.05, 3.63) is 35.4 Å². The molecule has 4 heterocycles. The predicted octanol–water partition coefficient (Wildman–Crippen LogP) is 2.12. The molecule has 16 heteroatoms. The van der Waals surface area contributed by atoms with E-state index in [9.17, 15) is 42.3 Å². The van der Waals surface area contributed by atoms with Gasteiger partial charge in [-0.2, -0.15) is 0 Å². The number of amides is 6. The second kappa shape index (κ2) is 18.1. The molecule has 6 amide bonds. The Bertz CT molecular complexity index is 1670. The van der Waals surface area contributed by atoms with Gasteiger partial charge in [-0.25, -0.2) is 13.6 Å². The van der Waals surface area contributed by atoms with E-state index in [0.29, 0.717) is 50.5 Å². The van der Waals surface area contributed by atoms with Crippen LogP contribution in [0, 0.1) is 23.5 Å². The summed E-state index contributed by atoms with van der Waals surface area (Å²) in [5.41, 5.74) is 0.0918. The fraction of sp³-hybridized carbons (Fsp3) is 0.675. The van der Waals surface area contributed by atoms with Crippen molar-refractivity contribution in [1.82, 2.24) is 30.7 Å². The second-order valence-electron chi connectivity index (χ2n) is 16.3. The molecule has 7 atom stereocenters. The average Bonchev–Trinajstić information content (AvgIpc) is 3.95. The molecule has 5 aliphatic rings. The van der Waals surface area contributed by atoms with Gasteiger partial charge in [-0.05, 0) is 81.4 Å². The van der Waals surface area contributed by atoms with E-state index in [0.717, 1.165) is 37.8 Å². The molecule has 0 bridgehead atoms. The molecule has 56 heavy (non-hydrogen) atoms. The molecule has 0 aromatic heterocycles. The lowest BCUT2D eigenvalue weighted by molar-refractivity contribution is -0.158. The summed E-state index contributed by atoms with van der Waals surface area (Å²) in [4.78, 5) is 101. The number of halogens is 2. The zero-order chi connectivity index (χ0) is 40.1. The molecule has 0 unspecified atom stereocenters. The Morgan fingerprint density at radius 1 is 0.821 bits per heavy atom. The van der Waals surface area contributed by atoms with E-state index in [1.54, 1.807) is 0 Å². The van der Waals surface area contributed by atoms with Crippen molar-refractivity contribution in [3.63, 3.8) is 0 Å². The largest absolute Gasteiger partial charge is 0.461 e. The highest BCUT2D eigenvalue weighted by molar-refractivity contribution is 5.97. The fourth-order valence-corrected chi connectivity index (χ4v) is 9.06. The molecular formula is C40H54F2N6O8. The number of esters is 1. The summed E-state index contributed by atoms with van der Waals surface area (Å²) in [6, 6.07) is -3.94. The Morgan fingerprint density at radius 2 is 1.48 bits per heavy atom. The lowest BCUT2D eigenvalue weighted by Gasteiger charge is -2.39. The first kappa shape index (κ1) is 41.0. The molecular weight excluding hydrogens is 730 g/mol. The lowest BCUT2D eigenvalue weighted by Crippen LogP contribution is -2.62. The lowest BCUT2D eigenvalue weighted by atomic mass is 9.99. The van der Waals surface area contributed by atoms with Crippen LogP contribution in [-0.4, -0.2) is 119 Å². The van der Waals surface area contributed by atoms with Crippen molar-refractivity contribution in [2.75, 3.05) is 26.2 Å². The molecule has 6 rings (SSSR count). The van der Waals surface area contributed by atoms with Crippen LogP contribution < -0.4 is 16.0 Å². The van der Waals surface area contributed by atoms with Crippen LogP contribution in [0.25, 0.3) is 0 Å². The molecule has 4 aliphatic heterocycles. The Balaban J connectivity index is 1.29. The Morgan fingerprint density at radius 3 is 2.21 bits per heavy atom. The molecule has 0 radical (unpaired) electrons. The topological polar surface area (TPSA) is 175 Å². The Labute approximate surface area is 325 Å². The zero-order valence-corrected chi connectivity index (χ0v) is 32.2. The number of fused-ring (bicyclic) bond motifs is 3. The fourth-order valence-electron chi connectivity index (χ4n) is 9.06. The number of carbonyl (C=O) groups is 7. The smallest absolute Gasteiger partial charge is 0.328 e. The van der Waals surface area contributed by atoms with Crippen LogP contribution in [0.2, 0.25) is 0 Å². The summed E-state index contributed by atoms with van der Waals surface area (Å²) >= 11 is 0. The summed E-state index contributed by atoms with van der Waals surface area (Å²) in [5, 5.41) is 8.10. The number of nitrogens with zero attached hydrogens (tertiary/aromatic N) is 3. The van der Waals surface area contributed by atoms with E-state index in [1.807, 2.05) is 6.92 Å². The summed E-state index contributed by atoms with van der Waals surface area (Å²) < 4.78 is 34.2. The molecule has 1 saturated carbocycles. The van der Waals surface area contributed by atoms with Crippen molar-refractivity contribution in [2.45, 2.75) is 134 Å². The third-order valence-corrected chi connectivity index (χ3v) is 12.0. The van der Waals surface area contributed by atoms with Gasteiger partial charge < -0.3 is 35.4 Å². The van der Waals surface area contributed by atoms with Crippen LogP contribution in [0.3, 0.4) is 0 Å². The maximum atomic E-state index is 14.5. The minimum atomic E-state index is -1.53. The minimum Gasteiger partial charge on any atom is -0.461 e. The normalized spacial score (nSPS) is 28.6. The van der Waals surface area contributed by atoms with Gasteiger partial charge in [0.2, 0.25) is 35.4 Å². The van der Waals surface area contributed by atoms with Crippen molar-refractivity contribution < 1.29 is 47.1 Å². The number of piperidine rings is 1. The van der Waals surface area contributed by atoms with Gasteiger partial charge >= 0.3 is 5.97 Å². The standard InChI is InChI=1S/C40H54F2N6O8/c1-23-16-33-40(55)56-22-30(45-35(50)29(19-26-17-27(41)20-28(42)18-26)44-34(49)13-12-25-8-3-4-9-25)38(53)47-15-7-11-32(47)39(54)46-14-6-5-10-31(46)36(51)43-24(2)37(52)48(33)21-23/h17-18,20,23-25,29-33H,3-16,19,21-22H2,1-2H3,(H,43,51)(H,44,49)(H,45,50)/t23-,24+,29+,30+,31+,32+,33+/m1/s1. The number of nitrogens with one attached hydrogen (secondary N) is 3. The van der Waals surface area contributed by atoms with Crippen LogP contribution >= 0.6 is 0 Å². The number of cyclic esters (lactones) is 1. The zero-order valence-electron chi connectivity index (χ0n) is 32.2. The maximum absolute atomic E-state index is 14.5. The van der Waals surface area contributed by atoms with E-state index in [2.05, 4.69) is 16.0 Å². The van der Waals surface area contributed by atoms with Crippen molar-refractivity contribution in [2.24, 2.45) is 11.8 Å². The number of ether oxygens (including phenoxy) is 1. The van der Waals surface area contributed by atoms with Gasteiger partial charge in [-0.1, -0.05) is 32.6 Å². The molecule has 1 aromatic rings. The third-order valence-electron chi connectivity index (χ3n) is 12.0. The Hall–Kier alpha value is -4.63. The van der Waals surface area contributed by atoms with Crippen LogP contribution in [0.1, 0.15) is 96.5 Å². The highest BCUT2D eigenvalue weighted by atomic mass is 19.1. The molecule has 1 aromatic carbocycles. The van der Waals surface area contributed by atoms with Gasteiger partial charge in [0, 0.05) is 38.5 Å². The number of benzene rings is 1. The van der Waals surface area contributed by atoms with Crippen molar-refractivity contribution in [3.8, 4) is 0 Å². The molecule has 14 nitrogen and oxygen atoms in total. The molecule has 0 spiro atoms.